The van der Waals surface area contributed by atoms with Crippen LogP contribution < -0.4 is 0 Å². The number of aliphatic hydroxyl groups is 1. The van der Waals surface area contributed by atoms with Crippen molar-refractivity contribution in [2.24, 2.45) is 0 Å². The van der Waals surface area contributed by atoms with E-state index in [2.05, 4.69) is 0 Å². The van der Waals surface area contributed by atoms with Gasteiger partial charge in [0.05, 0.1) is 0 Å². The minimum Gasteiger partial charge on any atom is -0.358 e. The van der Waals surface area contributed by atoms with Gasteiger partial charge in [0.25, 0.3) is 6.36 Å². The molecular formula is C2H4FO. The summed E-state index contributed by atoms with van der Waals surface area (Å²) in [5, 5.41) is 7.31. The second-order valence-corrected chi connectivity index (χ2v) is 0.497. The maximum atomic E-state index is 10.5. The molecule has 0 aliphatic rings. The Hall–Kier alpha value is -0.110. The van der Waals surface area contributed by atoms with Gasteiger partial charge < -0.3 is 5.11 Å². The maximum Gasteiger partial charge on any atom is 0.262 e. The average molecular weight is 63.1 g/mol. The largest absolute Gasteiger partial charge is 0.358 e. The first-order valence-corrected chi connectivity index (χ1v) is 0.913. The first-order chi connectivity index (χ1) is 1.73. The second kappa shape index (κ2) is 1.24. The highest BCUT2D eigenvalue weighted by molar-refractivity contribution is 4.37. The van der Waals surface area contributed by atoms with Crippen LogP contribution in [0.3, 0.4) is 0 Å². The Morgan fingerprint density at radius 1 is 2.00 bits per heavy atom. The summed E-state index contributed by atoms with van der Waals surface area (Å²) >= 11 is 0. The van der Waals surface area contributed by atoms with Crippen molar-refractivity contribution >= 4 is 0 Å². The van der Waals surface area contributed by atoms with Crippen LogP contribution in [0.1, 0.15) is 6.92 Å². The summed E-state index contributed by atoms with van der Waals surface area (Å²) in [6, 6.07) is 0. The van der Waals surface area contributed by atoms with Gasteiger partial charge in [0.2, 0.25) is 0 Å². The van der Waals surface area contributed by atoms with Gasteiger partial charge >= 0.3 is 0 Å². The van der Waals surface area contributed by atoms with Crippen molar-refractivity contribution < 1.29 is 9.50 Å². The minimum atomic E-state index is -1.08. The van der Waals surface area contributed by atoms with E-state index < -0.39 is 6.36 Å². The Kier molecular flexibility index (Phi) is 1.20. The molecule has 0 amide bonds. The van der Waals surface area contributed by atoms with Gasteiger partial charge in [-0.2, -0.15) is 0 Å². The van der Waals surface area contributed by atoms with Gasteiger partial charge in [-0.15, -0.1) is 0 Å². The number of halogens is 1. The molecule has 0 heterocycles. The molecule has 4 heavy (non-hydrogen) atoms. The monoisotopic (exact) mass is 63.0 g/mol. The van der Waals surface area contributed by atoms with E-state index in [4.69, 9.17) is 5.11 Å². The molecule has 1 nitrogen and oxygen atoms in total. The normalized spacial score (nSPS) is 9.00. The molecule has 1 radical (unpaired) electrons. The van der Waals surface area contributed by atoms with Crippen LogP contribution in [0.2, 0.25) is 0 Å². The molecule has 25 valence electrons. The van der Waals surface area contributed by atoms with Crippen molar-refractivity contribution in [1.29, 1.82) is 0 Å². The summed E-state index contributed by atoms with van der Waals surface area (Å²) in [6.07, 6.45) is -1.08. The zero-order valence-electron chi connectivity index (χ0n) is 2.33. The van der Waals surface area contributed by atoms with Crippen molar-refractivity contribution in [1.82, 2.24) is 0 Å². The van der Waals surface area contributed by atoms with Gasteiger partial charge in [-0.1, -0.05) is 0 Å². The SMILES string of the molecule is C[C](O)F. The molecule has 0 bridgehead atoms. The molecule has 2 heteroatoms. The molecule has 0 aliphatic carbocycles. The van der Waals surface area contributed by atoms with Crippen LogP contribution in [0, 0.1) is 6.36 Å². The van der Waals surface area contributed by atoms with Gasteiger partial charge in [0.1, 0.15) is 0 Å². The van der Waals surface area contributed by atoms with Crippen LogP contribution in [0.25, 0.3) is 0 Å². The lowest BCUT2D eigenvalue weighted by Crippen LogP contribution is -1.67. The molecular weight excluding hydrogens is 59.0 g/mol. The van der Waals surface area contributed by atoms with E-state index in [1.165, 1.54) is 0 Å². The van der Waals surface area contributed by atoms with E-state index in [9.17, 15) is 4.39 Å². The third kappa shape index (κ3) is 124. The Morgan fingerprint density at radius 3 is 2.00 bits per heavy atom. The van der Waals surface area contributed by atoms with Crippen LogP contribution in [-0.4, -0.2) is 5.11 Å². The highest BCUT2D eigenvalue weighted by Crippen LogP contribution is 1.84. The topological polar surface area (TPSA) is 20.2 Å². The third-order valence-electron chi connectivity index (χ3n) is 0. The predicted octanol–water partition coefficient (Wildman–Crippen LogP) is 0.838. The third-order valence-corrected chi connectivity index (χ3v) is 0. The standard InChI is InChI=1S/C2H4FO/c1-2(3)4/h4H,1H3. The molecule has 0 saturated carbocycles. The fourth-order valence-corrected chi connectivity index (χ4v) is 0. The van der Waals surface area contributed by atoms with E-state index in [0.29, 0.717) is 0 Å². The van der Waals surface area contributed by atoms with E-state index in [0.717, 1.165) is 6.92 Å². The summed E-state index contributed by atoms with van der Waals surface area (Å²) in [4.78, 5) is 0. The zero-order valence-corrected chi connectivity index (χ0v) is 2.33. The van der Waals surface area contributed by atoms with Crippen molar-refractivity contribution in [3.8, 4) is 0 Å². The van der Waals surface area contributed by atoms with Gasteiger partial charge in [-0.3, -0.25) is 0 Å². The fraction of sp³-hybridized carbons (Fsp3) is 0.500. The van der Waals surface area contributed by atoms with Crippen molar-refractivity contribution in [3.05, 3.63) is 6.36 Å². The van der Waals surface area contributed by atoms with Gasteiger partial charge in [0.15, 0.2) is 0 Å². The highest BCUT2D eigenvalue weighted by atomic mass is 19.1. The van der Waals surface area contributed by atoms with Crippen LogP contribution in [0.5, 0.6) is 0 Å². The smallest absolute Gasteiger partial charge is 0.262 e. The van der Waals surface area contributed by atoms with Crippen molar-refractivity contribution in [2.75, 3.05) is 0 Å². The average Bonchev–Trinajstić information content (AvgIpc) is 0.811. The summed E-state index contributed by atoms with van der Waals surface area (Å²) in [5.74, 6) is 0. The lowest BCUT2D eigenvalue weighted by atomic mass is 10.8. The van der Waals surface area contributed by atoms with E-state index in [1.807, 2.05) is 0 Å². The number of hydrogen-bond donors (Lipinski definition) is 1. The Bertz CT molecular complexity index is 10.8. The van der Waals surface area contributed by atoms with Gasteiger partial charge in [0, 0.05) is 6.92 Å². The Morgan fingerprint density at radius 2 is 2.00 bits per heavy atom. The minimum absolute atomic E-state index is 0.972. The molecule has 0 aromatic carbocycles. The summed E-state index contributed by atoms with van der Waals surface area (Å²) in [7, 11) is 0. The number of hydrogen-bond acceptors (Lipinski definition) is 1. The molecule has 0 spiro atoms. The molecule has 0 rings (SSSR count). The summed E-state index contributed by atoms with van der Waals surface area (Å²) in [6.45, 7) is 0.972. The molecule has 0 atom stereocenters. The maximum absolute atomic E-state index is 10.5. The van der Waals surface area contributed by atoms with Gasteiger partial charge in [-0.25, -0.2) is 4.39 Å². The molecule has 0 unspecified atom stereocenters. The van der Waals surface area contributed by atoms with Crippen molar-refractivity contribution in [3.63, 3.8) is 0 Å². The predicted molar refractivity (Wildman–Crippen MR) is 12.0 cm³/mol. The second-order valence-electron chi connectivity index (χ2n) is 0.497. The summed E-state index contributed by atoms with van der Waals surface area (Å²) < 4.78 is 10.5. The van der Waals surface area contributed by atoms with Crippen LogP contribution in [0.4, 0.5) is 4.39 Å². The quantitative estimate of drug-likeness (QED) is 0.441. The molecule has 0 fully saturated rings. The van der Waals surface area contributed by atoms with E-state index in [-0.39, 0.29) is 0 Å². The first kappa shape index (κ1) is 3.89. The molecule has 0 aromatic heterocycles. The van der Waals surface area contributed by atoms with E-state index >= 15 is 0 Å². The zero-order chi connectivity index (χ0) is 3.58. The van der Waals surface area contributed by atoms with Gasteiger partial charge in [-0.05, 0) is 0 Å². The molecule has 0 aliphatic heterocycles. The van der Waals surface area contributed by atoms with Crippen LogP contribution >= 0.6 is 0 Å². The Balaban J connectivity index is 2.32. The fourth-order valence-electron chi connectivity index (χ4n) is 0. The lowest BCUT2D eigenvalue weighted by molar-refractivity contribution is 0.182. The number of rotatable bonds is 0. The molecule has 0 aromatic rings. The highest BCUT2D eigenvalue weighted by Gasteiger charge is 1.79. The van der Waals surface area contributed by atoms with Crippen molar-refractivity contribution in [2.45, 2.75) is 6.92 Å². The molecule has 1 N–H and O–H groups in total. The number of aliphatic hydroxyl groups excluding tert-OH is 1. The van der Waals surface area contributed by atoms with Crippen LogP contribution in [0.15, 0.2) is 0 Å². The molecule has 0 saturated heterocycles. The Labute approximate surface area is 24.1 Å². The van der Waals surface area contributed by atoms with Crippen LogP contribution in [-0.2, 0) is 0 Å². The lowest BCUT2D eigenvalue weighted by Gasteiger charge is -1.72. The summed E-state index contributed by atoms with van der Waals surface area (Å²) in [5.41, 5.74) is 0. The van der Waals surface area contributed by atoms with E-state index in [1.54, 1.807) is 0 Å². The first-order valence-electron chi connectivity index (χ1n) is 0.913.